The first-order valence-electron chi connectivity index (χ1n) is 7.77. The number of urea groups is 1. The van der Waals surface area contributed by atoms with Crippen molar-refractivity contribution in [2.24, 2.45) is 11.8 Å². The molecular formula is C15H26N2O3. The molecule has 5 heteroatoms. The van der Waals surface area contributed by atoms with E-state index in [1.807, 2.05) is 6.92 Å². The molecule has 0 aromatic heterocycles. The molecule has 1 aliphatic heterocycles. The lowest BCUT2D eigenvalue weighted by Crippen LogP contribution is -2.52. The molecule has 0 aromatic rings. The Kier molecular flexibility index (Phi) is 4.89. The van der Waals surface area contributed by atoms with Crippen molar-refractivity contribution < 1.29 is 14.7 Å². The molecule has 1 heterocycles. The molecule has 0 radical (unpaired) electrons. The predicted molar refractivity (Wildman–Crippen MR) is 76.5 cm³/mol. The molecule has 1 aliphatic carbocycles. The van der Waals surface area contributed by atoms with Crippen molar-refractivity contribution in [2.45, 2.75) is 64.5 Å². The van der Waals surface area contributed by atoms with Gasteiger partial charge in [0, 0.05) is 18.6 Å². The van der Waals surface area contributed by atoms with Gasteiger partial charge in [-0.15, -0.1) is 0 Å². The zero-order chi connectivity index (χ0) is 14.7. The number of aliphatic carboxylic acids is 1. The highest BCUT2D eigenvalue weighted by atomic mass is 16.4. The van der Waals surface area contributed by atoms with E-state index >= 15 is 0 Å². The Morgan fingerprint density at radius 1 is 1.15 bits per heavy atom. The van der Waals surface area contributed by atoms with Crippen LogP contribution in [-0.4, -0.2) is 40.6 Å². The smallest absolute Gasteiger partial charge is 0.317 e. The van der Waals surface area contributed by atoms with E-state index in [0.29, 0.717) is 25.3 Å². The molecule has 2 aliphatic rings. The number of carboxylic acid groups (broad SMARTS) is 1. The van der Waals surface area contributed by atoms with Crippen molar-refractivity contribution in [1.82, 2.24) is 10.2 Å². The topological polar surface area (TPSA) is 69.6 Å². The largest absolute Gasteiger partial charge is 0.481 e. The van der Waals surface area contributed by atoms with Crippen LogP contribution in [-0.2, 0) is 4.79 Å². The van der Waals surface area contributed by atoms with Crippen LogP contribution in [0.4, 0.5) is 4.79 Å². The molecule has 2 amide bonds. The van der Waals surface area contributed by atoms with Crippen molar-refractivity contribution in [3.8, 4) is 0 Å². The van der Waals surface area contributed by atoms with Gasteiger partial charge in [-0.1, -0.05) is 19.8 Å². The van der Waals surface area contributed by atoms with Gasteiger partial charge in [0.25, 0.3) is 0 Å². The van der Waals surface area contributed by atoms with E-state index in [0.717, 1.165) is 12.8 Å². The van der Waals surface area contributed by atoms with Gasteiger partial charge in [0.05, 0.1) is 5.92 Å². The van der Waals surface area contributed by atoms with E-state index in [1.54, 1.807) is 4.90 Å². The number of carbonyl (C=O) groups is 2. The van der Waals surface area contributed by atoms with Gasteiger partial charge in [-0.2, -0.15) is 0 Å². The molecular weight excluding hydrogens is 256 g/mol. The zero-order valence-corrected chi connectivity index (χ0v) is 12.5. The van der Waals surface area contributed by atoms with Gasteiger partial charge < -0.3 is 15.3 Å². The van der Waals surface area contributed by atoms with E-state index < -0.39 is 5.97 Å². The van der Waals surface area contributed by atoms with Gasteiger partial charge in [0.2, 0.25) is 0 Å². The molecule has 2 N–H and O–H groups in total. The highest BCUT2D eigenvalue weighted by molar-refractivity contribution is 5.76. The van der Waals surface area contributed by atoms with Crippen LogP contribution in [0.3, 0.4) is 0 Å². The fourth-order valence-electron chi connectivity index (χ4n) is 3.52. The number of piperidine rings is 1. The maximum atomic E-state index is 12.3. The molecule has 0 bridgehead atoms. The Hall–Kier alpha value is -1.26. The van der Waals surface area contributed by atoms with Crippen molar-refractivity contribution in [1.29, 1.82) is 0 Å². The quantitative estimate of drug-likeness (QED) is 0.817. The van der Waals surface area contributed by atoms with Crippen LogP contribution in [0, 0.1) is 11.8 Å². The van der Waals surface area contributed by atoms with E-state index in [-0.39, 0.29) is 24.0 Å². The lowest BCUT2D eigenvalue weighted by Gasteiger charge is -2.38. The first-order chi connectivity index (χ1) is 9.47. The van der Waals surface area contributed by atoms with Crippen molar-refractivity contribution in [2.75, 3.05) is 6.54 Å². The average molecular weight is 282 g/mol. The predicted octanol–water partition coefficient (Wildman–Crippen LogP) is 2.46. The molecule has 20 heavy (non-hydrogen) atoms. The third kappa shape index (κ3) is 3.64. The molecule has 4 atom stereocenters. The lowest BCUT2D eigenvalue weighted by molar-refractivity contribution is -0.143. The number of amides is 2. The minimum absolute atomic E-state index is 0.00543. The fraction of sp³-hybridized carbons (Fsp3) is 0.867. The van der Waals surface area contributed by atoms with Gasteiger partial charge in [0.1, 0.15) is 0 Å². The number of hydrogen-bond acceptors (Lipinski definition) is 2. The second-order valence-electron chi connectivity index (χ2n) is 6.52. The monoisotopic (exact) mass is 282 g/mol. The fourth-order valence-corrected chi connectivity index (χ4v) is 3.52. The third-order valence-corrected chi connectivity index (χ3v) is 4.75. The summed E-state index contributed by atoms with van der Waals surface area (Å²) >= 11 is 0. The Morgan fingerprint density at radius 3 is 2.50 bits per heavy atom. The van der Waals surface area contributed by atoms with E-state index in [4.69, 9.17) is 5.11 Å². The number of nitrogens with one attached hydrogen (secondary N) is 1. The highest BCUT2D eigenvalue weighted by Gasteiger charge is 2.33. The van der Waals surface area contributed by atoms with Crippen LogP contribution in [0.5, 0.6) is 0 Å². The number of likely N-dealkylation sites (tertiary alicyclic amines) is 1. The number of hydrogen-bond donors (Lipinski definition) is 2. The van der Waals surface area contributed by atoms with Gasteiger partial charge in [-0.25, -0.2) is 4.79 Å². The molecule has 1 saturated heterocycles. The normalized spacial score (nSPS) is 34.6. The summed E-state index contributed by atoms with van der Waals surface area (Å²) in [6, 6.07) is 0.280. The minimum Gasteiger partial charge on any atom is -0.481 e. The lowest BCUT2D eigenvalue weighted by atomic mass is 9.87. The third-order valence-electron chi connectivity index (χ3n) is 4.75. The van der Waals surface area contributed by atoms with Crippen LogP contribution in [0.2, 0.25) is 0 Å². The van der Waals surface area contributed by atoms with Crippen LogP contribution >= 0.6 is 0 Å². The summed E-state index contributed by atoms with van der Waals surface area (Å²) in [5.41, 5.74) is 0. The molecule has 114 valence electrons. The summed E-state index contributed by atoms with van der Waals surface area (Å²) in [6.45, 7) is 4.73. The maximum Gasteiger partial charge on any atom is 0.317 e. The molecule has 4 unspecified atom stereocenters. The number of nitrogens with zero attached hydrogens (tertiary/aromatic N) is 1. The number of carboxylic acids is 1. The van der Waals surface area contributed by atoms with Gasteiger partial charge >= 0.3 is 12.0 Å². The van der Waals surface area contributed by atoms with E-state index in [1.165, 1.54) is 12.8 Å². The summed E-state index contributed by atoms with van der Waals surface area (Å²) in [5.74, 6) is -0.356. The van der Waals surface area contributed by atoms with Crippen molar-refractivity contribution in [3.05, 3.63) is 0 Å². The summed E-state index contributed by atoms with van der Waals surface area (Å²) in [6.07, 6.45) is 5.69. The number of rotatable bonds is 2. The van der Waals surface area contributed by atoms with E-state index in [9.17, 15) is 9.59 Å². The Morgan fingerprint density at radius 2 is 1.90 bits per heavy atom. The summed E-state index contributed by atoms with van der Waals surface area (Å²) < 4.78 is 0. The SMILES string of the molecule is CC1CCCC(NC(=O)N2CCC(C(=O)O)CC2C)C1. The maximum absolute atomic E-state index is 12.3. The zero-order valence-electron chi connectivity index (χ0n) is 12.5. The van der Waals surface area contributed by atoms with Crippen molar-refractivity contribution >= 4 is 12.0 Å². The highest BCUT2D eigenvalue weighted by Crippen LogP contribution is 2.25. The molecule has 5 nitrogen and oxygen atoms in total. The van der Waals surface area contributed by atoms with Crippen LogP contribution in [0.15, 0.2) is 0 Å². The second-order valence-corrected chi connectivity index (χ2v) is 6.52. The molecule has 1 saturated carbocycles. The van der Waals surface area contributed by atoms with Crippen LogP contribution < -0.4 is 5.32 Å². The first-order valence-corrected chi connectivity index (χ1v) is 7.77. The molecule has 2 rings (SSSR count). The van der Waals surface area contributed by atoms with E-state index in [2.05, 4.69) is 12.2 Å². The van der Waals surface area contributed by atoms with Crippen LogP contribution in [0.1, 0.15) is 52.4 Å². The van der Waals surface area contributed by atoms with Crippen molar-refractivity contribution in [3.63, 3.8) is 0 Å². The summed E-state index contributed by atoms with van der Waals surface area (Å²) in [4.78, 5) is 25.1. The van der Waals surface area contributed by atoms with Gasteiger partial charge in [-0.05, 0) is 38.5 Å². The average Bonchev–Trinajstić information content (AvgIpc) is 2.38. The summed E-state index contributed by atoms with van der Waals surface area (Å²) in [7, 11) is 0. The minimum atomic E-state index is -0.738. The first kappa shape index (κ1) is 15.1. The summed E-state index contributed by atoms with van der Waals surface area (Å²) in [5, 5.41) is 12.2. The number of carbonyl (C=O) groups excluding carboxylic acids is 1. The Labute approximate surface area is 120 Å². The Balaban J connectivity index is 1.85. The molecule has 2 fully saturated rings. The van der Waals surface area contributed by atoms with Gasteiger partial charge in [0.15, 0.2) is 0 Å². The second kappa shape index (κ2) is 6.46. The van der Waals surface area contributed by atoms with Gasteiger partial charge in [-0.3, -0.25) is 4.79 Å². The molecule has 0 aromatic carbocycles. The van der Waals surface area contributed by atoms with Crippen LogP contribution in [0.25, 0.3) is 0 Å². The standard InChI is InChI=1S/C15H26N2O3/c1-10-4-3-5-13(8-10)16-15(20)17-7-6-12(14(18)19)9-11(17)2/h10-13H,3-9H2,1-2H3,(H,16,20)(H,18,19). The molecule has 0 spiro atoms. The Bertz CT molecular complexity index is 372.